The Bertz CT molecular complexity index is 1390. The van der Waals surface area contributed by atoms with Gasteiger partial charge in [0.15, 0.2) is 5.13 Å². The molecule has 0 atom stereocenters. The first kappa shape index (κ1) is 21.3. The number of fused-ring (bicyclic) bond motifs is 1. The van der Waals surface area contributed by atoms with E-state index in [-0.39, 0.29) is 12.3 Å². The first-order chi connectivity index (χ1) is 16.2. The molecule has 0 aliphatic rings. The highest BCUT2D eigenvalue weighted by Crippen LogP contribution is 2.34. The zero-order valence-corrected chi connectivity index (χ0v) is 19.3. The van der Waals surface area contributed by atoms with Crippen molar-refractivity contribution in [3.05, 3.63) is 113 Å². The molecule has 5 aromatic rings. The summed E-state index contributed by atoms with van der Waals surface area (Å²) in [5.41, 5.74) is 4.89. The molecule has 1 amide bonds. The summed E-state index contributed by atoms with van der Waals surface area (Å²) >= 11 is 7.81. The summed E-state index contributed by atoms with van der Waals surface area (Å²) < 4.78 is 0.953. The van der Waals surface area contributed by atoms with Crippen LogP contribution in [0, 0.1) is 0 Å². The number of carbonyl (C=O) groups is 1. The van der Waals surface area contributed by atoms with Crippen LogP contribution in [-0.4, -0.2) is 15.9 Å². The van der Waals surface area contributed by atoms with Gasteiger partial charge in [0.2, 0.25) is 5.91 Å². The lowest BCUT2D eigenvalue weighted by molar-refractivity contribution is -0.118. The third-order valence-electron chi connectivity index (χ3n) is 5.37. The van der Waals surface area contributed by atoms with E-state index in [9.17, 15) is 4.79 Å². The molecular weight excluding hydrogens is 450 g/mol. The summed E-state index contributed by atoms with van der Waals surface area (Å²) in [6.45, 7) is 0.395. The largest absolute Gasteiger partial charge is 0.283 e. The average molecular weight is 470 g/mol. The van der Waals surface area contributed by atoms with Crippen LogP contribution in [0.15, 0.2) is 97.3 Å². The van der Waals surface area contributed by atoms with Gasteiger partial charge < -0.3 is 0 Å². The van der Waals surface area contributed by atoms with Crippen molar-refractivity contribution >= 4 is 44.2 Å². The summed E-state index contributed by atoms with van der Waals surface area (Å²) in [4.78, 5) is 24.1. The molecule has 3 aromatic carbocycles. The summed E-state index contributed by atoms with van der Waals surface area (Å²) in [5.74, 6) is -0.0264. The number of carbonyl (C=O) groups excluding carboxylic acids is 1. The Morgan fingerprint density at radius 1 is 0.848 bits per heavy atom. The molecule has 0 bridgehead atoms. The van der Waals surface area contributed by atoms with Gasteiger partial charge in [-0.15, -0.1) is 0 Å². The van der Waals surface area contributed by atoms with Gasteiger partial charge >= 0.3 is 0 Å². The predicted octanol–water partition coefficient (Wildman–Crippen LogP) is 6.79. The van der Waals surface area contributed by atoms with E-state index >= 15 is 0 Å². The number of hydrogen-bond acceptors (Lipinski definition) is 4. The number of nitrogens with zero attached hydrogens (tertiary/aromatic N) is 3. The molecule has 0 fully saturated rings. The SMILES string of the molecule is O=C(Cc1ccc(-c2ccccc2)cc1)N(Cc1cccnc1)c1nc2c(Cl)cccc2s1. The van der Waals surface area contributed by atoms with Gasteiger partial charge in [-0.1, -0.05) is 89.7 Å². The van der Waals surface area contributed by atoms with Crippen LogP contribution in [0.4, 0.5) is 5.13 Å². The lowest BCUT2D eigenvalue weighted by Gasteiger charge is -2.20. The number of amides is 1. The van der Waals surface area contributed by atoms with E-state index in [0.717, 1.165) is 32.5 Å². The fourth-order valence-electron chi connectivity index (χ4n) is 3.67. The predicted molar refractivity (Wildman–Crippen MR) is 136 cm³/mol. The first-order valence-electron chi connectivity index (χ1n) is 10.6. The van der Waals surface area contributed by atoms with Gasteiger partial charge in [-0.05, 0) is 40.5 Å². The second kappa shape index (κ2) is 9.53. The molecule has 5 rings (SSSR count). The Morgan fingerprint density at radius 3 is 2.36 bits per heavy atom. The van der Waals surface area contributed by atoms with Gasteiger partial charge in [0.25, 0.3) is 0 Å². The maximum absolute atomic E-state index is 13.5. The topological polar surface area (TPSA) is 46.1 Å². The molecule has 0 aliphatic heterocycles. The smallest absolute Gasteiger partial charge is 0.233 e. The highest BCUT2D eigenvalue weighted by atomic mass is 35.5. The molecule has 0 saturated carbocycles. The molecule has 2 aromatic heterocycles. The number of para-hydroxylation sites is 1. The molecular formula is C27H20ClN3OS. The highest BCUT2D eigenvalue weighted by molar-refractivity contribution is 7.22. The number of rotatable bonds is 6. The van der Waals surface area contributed by atoms with Crippen molar-refractivity contribution in [1.29, 1.82) is 0 Å². The Balaban J connectivity index is 1.43. The third-order valence-corrected chi connectivity index (χ3v) is 6.72. The highest BCUT2D eigenvalue weighted by Gasteiger charge is 2.21. The van der Waals surface area contributed by atoms with Crippen molar-refractivity contribution in [3.63, 3.8) is 0 Å². The average Bonchev–Trinajstić information content (AvgIpc) is 3.29. The minimum absolute atomic E-state index is 0.0264. The van der Waals surface area contributed by atoms with Crippen molar-refractivity contribution in [1.82, 2.24) is 9.97 Å². The molecule has 162 valence electrons. The number of hydrogen-bond donors (Lipinski definition) is 0. The van der Waals surface area contributed by atoms with Gasteiger partial charge in [0, 0.05) is 12.4 Å². The van der Waals surface area contributed by atoms with Crippen LogP contribution in [0.5, 0.6) is 0 Å². The maximum Gasteiger partial charge on any atom is 0.233 e. The van der Waals surface area contributed by atoms with E-state index in [1.165, 1.54) is 11.3 Å². The fourth-order valence-corrected chi connectivity index (χ4v) is 4.95. The Hall–Kier alpha value is -3.54. The lowest BCUT2D eigenvalue weighted by Crippen LogP contribution is -2.31. The first-order valence-corrected chi connectivity index (χ1v) is 11.8. The van der Waals surface area contributed by atoms with Gasteiger partial charge in [-0.3, -0.25) is 14.7 Å². The standard InChI is InChI=1S/C27H20ClN3OS/c28-23-9-4-10-24-26(23)30-27(33-24)31(18-20-6-5-15-29-17-20)25(32)16-19-11-13-22(14-12-19)21-7-2-1-3-8-21/h1-15,17H,16,18H2. The van der Waals surface area contributed by atoms with Crippen LogP contribution in [-0.2, 0) is 17.8 Å². The van der Waals surface area contributed by atoms with Crippen molar-refractivity contribution in [2.75, 3.05) is 4.90 Å². The molecule has 0 spiro atoms. The van der Waals surface area contributed by atoms with Gasteiger partial charge in [-0.25, -0.2) is 4.98 Å². The van der Waals surface area contributed by atoms with Crippen LogP contribution in [0.1, 0.15) is 11.1 Å². The summed E-state index contributed by atoms with van der Waals surface area (Å²) in [5, 5.41) is 1.22. The number of pyridine rings is 1. The normalized spacial score (nSPS) is 10.9. The van der Waals surface area contributed by atoms with Crippen LogP contribution < -0.4 is 4.90 Å². The molecule has 0 unspecified atom stereocenters. The third kappa shape index (κ3) is 4.80. The van der Waals surface area contributed by atoms with E-state index in [2.05, 4.69) is 29.2 Å². The quantitative estimate of drug-likeness (QED) is 0.275. The Morgan fingerprint density at radius 2 is 1.64 bits per heavy atom. The maximum atomic E-state index is 13.5. The van der Waals surface area contributed by atoms with E-state index in [0.29, 0.717) is 16.7 Å². The van der Waals surface area contributed by atoms with E-state index in [4.69, 9.17) is 16.6 Å². The van der Waals surface area contributed by atoms with Crippen LogP contribution in [0.2, 0.25) is 5.02 Å². The minimum Gasteiger partial charge on any atom is -0.283 e. The number of halogens is 1. The van der Waals surface area contributed by atoms with Crippen molar-refractivity contribution in [3.8, 4) is 11.1 Å². The number of benzene rings is 3. The Kier molecular flexibility index (Phi) is 6.15. The van der Waals surface area contributed by atoms with Crippen LogP contribution >= 0.6 is 22.9 Å². The van der Waals surface area contributed by atoms with Gasteiger partial charge in [0.1, 0.15) is 5.52 Å². The Labute approximate surface area is 201 Å². The molecule has 6 heteroatoms. The fraction of sp³-hybridized carbons (Fsp3) is 0.0741. The van der Waals surface area contributed by atoms with E-state index in [1.54, 1.807) is 17.3 Å². The van der Waals surface area contributed by atoms with Crippen molar-refractivity contribution in [2.45, 2.75) is 13.0 Å². The number of aromatic nitrogens is 2. The second-order valence-electron chi connectivity index (χ2n) is 7.66. The summed E-state index contributed by atoms with van der Waals surface area (Å²) in [7, 11) is 0. The lowest BCUT2D eigenvalue weighted by atomic mass is 10.0. The van der Waals surface area contributed by atoms with Gasteiger partial charge in [-0.2, -0.15) is 0 Å². The zero-order valence-electron chi connectivity index (χ0n) is 17.7. The summed E-state index contributed by atoms with van der Waals surface area (Å²) in [6, 6.07) is 27.8. The second-order valence-corrected chi connectivity index (χ2v) is 9.08. The molecule has 0 N–H and O–H groups in total. The molecule has 0 radical (unpaired) electrons. The molecule has 0 aliphatic carbocycles. The molecule has 4 nitrogen and oxygen atoms in total. The van der Waals surface area contributed by atoms with E-state index in [1.807, 2.05) is 60.7 Å². The van der Waals surface area contributed by atoms with Crippen LogP contribution in [0.25, 0.3) is 21.3 Å². The van der Waals surface area contributed by atoms with E-state index < -0.39 is 0 Å². The monoisotopic (exact) mass is 469 g/mol. The molecule has 0 saturated heterocycles. The number of anilines is 1. The van der Waals surface area contributed by atoms with Crippen LogP contribution in [0.3, 0.4) is 0 Å². The van der Waals surface area contributed by atoms with Gasteiger partial charge in [0.05, 0.1) is 22.7 Å². The number of thiazole rings is 1. The van der Waals surface area contributed by atoms with Crippen molar-refractivity contribution in [2.24, 2.45) is 0 Å². The minimum atomic E-state index is -0.0264. The molecule has 2 heterocycles. The summed E-state index contributed by atoms with van der Waals surface area (Å²) in [6.07, 6.45) is 3.77. The zero-order chi connectivity index (χ0) is 22.6. The van der Waals surface area contributed by atoms with Crippen molar-refractivity contribution < 1.29 is 4.79 Å². The molecule has 33 heavy (non-hydrogen) atoms.